The molecule has 0 saturated heterocycles. The van der Waals surface area contributed by atoms with Crippen molar-refractivity contribution in [3.05, 3.63) is 266 Å². The molecule has 8 N–H and O–H groups in total. The second kappa shape index (κ2) is 52.7. The Morgan fingerprint density at radius 2 is 1.07 bits per heavy atom. The third kappa shape index (κ3) is 35.5. The number of carbonyl (C=O) groups excluding carboxylic acids is 3. The van der Waals surface area contributed by atoms with Crippen LogP contribution >= 0.6 is 87.0 Å². The van der Waals surface area contributed by atoms with Crippen LogP contribution < -0.4 is 51.8 Å². The molecular formula is C102H119Cl4F6N17O13P4S3. The highest BCUT2D eigenvalue weighted by Crippen LogP contribution is 2.55. The molecule has 1 amide bonds. The Kier molecular flexibility index (Phi) is 42.3. The average molecular weight is 2270 g/mol. The fourth-order valence-corrected chi connectivity index (χ4v) is 23.5. The van der Waals surface area contributed by atoms with E-state index in [1.54, 1.807) is 169 Å². The molecular weight excluding hydrogens is 2150 g/mol. The lowest BCUT2D eigenvalue weighted by Gasteiger charge is -2.26. The highest BCUT2D eigenvalue weighted by Gasteiger charge is 2.41. The number of anilines is 15. The monoisotopic (exact) mass is 2260 g/mol. The summed E-state index contributed by atoms with van der Waals surface area (Å²) < 4.78 is 192. The van der Waals surface area contributed by atoms with Crippen LogP contribution in [0.5, 0.6) is 11.5 Å². The molecule has 0 aliphatic heterocycles. The van der Waals surface area contributed by atoms with Crippen LogP contribution in [0.3, 0.4) is 0 Å². The molecule has 0 bridgehead atoms. The number of sulfonamides is 1. The second-order valence-electron chi connectivity index (χ2n) is 36.5. The Morgan fingerprint density at radius 3 is 1.64 bits per heavy atom. The van der Waals surface area contributed by atoms with Crippen molar-refractivity contribution in [2.45, 2.75) is 136 Å². The fraction of sp³-hybridized carbons (Fsp3) is 0.333. The predicted molar refractivity (Wildman–Crippen MR) is 591 cm³/mol. The number of hydrogen-bond donors (Lipinski definition) is 8. The van der Waals surface area contributed by atoms with Crippen molar-refractivity contribution in [1.82, 2.24) is 44.1 Å². The van der Waals surface area contributed by atoms with Gasteiger partial charge in [0.2, 0.25) is 41.1 Å². The molecule has 0 spiro atoms. The van der Waals surface area contributed by atoms with Gasteiger partial charge in [-0.1, -0.05) is 161 Å². The molecule has 1 aliphatic carbocycles. The summed E-state index contributed by atoms with van der Waals surface area (Å²) in [5, 5.41) is 24.7. The fourth-order valence-electron chi connectivity index (χ4n) is 14.2. The van der Waals surface area contributed by atoms with E-state index in [-0.39, 0.29) is 89.9 Å². The standard InChI is InChI=1S/C29H38N5O4PS.C28H34ClF3N3O2PS.C23H20Cl2F3N4O3P.C22H27ClN5O4PS/c1-20(2)40(37,38)26-9-7-6-8-25(26)32-28-24(22-12-13-22)19-30-29(33-28)31-23-14-10-21(11-15-23)18-27(35)34(3)16-17-39(4,5)36;1-18(2)38(36,19(3)4)12-11-33-22-9-10-24(25(14-22)37-5)35-27-15-26(23(29)16-34-27)39-17-20-7-6-8-21(13-20)28(30,31)32;1-36(2,35)9-8-19(33)13-4-3-5-15(10-13)30-22-29-12-17(25)21(32-22)31-18-7-6-14(24)11-16(18)20(34)23(26,27)28;1-5-33(29,6-2)32-17-11-9-10-16(14-17)25-22-24-15-18(23)21(27-22)26-19-12-7-8-13-20(19)34(30,31)28(3)4/h6-11,14-15,19-20,22H,12-13,16-18H2,1-5H3,(H2,30,31,32,33);6-10,13-16,18-19,33H,11-12,17H2,1-5H3,(H,34,35);3-7,10-12H,8-9H2,1-2H3,(H2,29,30,31,32);7-15H,5-6H2,1-4H3,(H2,24,25,26,27). The molecule has 47 heteroatoms. The van der Waals surface area contributed by atoms with Gasteiger partial charge in [0.25, 0.3) is 5.78 Å². The summed E-state index contributed by atoms with van der Waals surface area (Å²) in [5.41, 5.74) is 5.66. The van der Waals surface area contributed by atoms with E-state index in [4.69, 9.17) is 60.6 Å². The Balaban J connectivity index is 0.000000203. The SMILES string of the molecule is CC(C)S(=O)(=O)c1ccccc1Nc1nc(Nc2ccc(CC(=O)N(C)CCP(C)(C)=O)cc2)ncc1C1CC1.CCP(=O)(CC)Oc1cccc(Nc2ncc(Cl)c(Nc3ccccc3S(=O)(=O)N(C)C)n2)c1.COc1cc(NCCP(=O)(C(C)C)C(C)C)ccc1Nc1cc(SCc2cccc(C(F)(F)F)c2)c(Cl)cn1.CP(C)(=O)CCC(=O)c1cccc(Nc2ncc(Cl)c(Nc3ccc(Cl)cc3C(=O)C(F)(F)F)n2)c1. The van der Waals surface area contributed by atoms with Crippen LogP contribution in [-0.4, -0.2) is 200 Å². The third-order valence-corrected chi connectivity index (χ3v) is 39.0. The zero-order valence-corrected chi connectivity index (χ0v) is 93.7. The number of Topliss-reactive ketones (excluding diaryl/α,β-unsaturated/α-hetero) is 2. The number of likely N-dealkylation sites (N-methyl/N-ethyl adjacent to an activating group) is 1. The van der Waals surface area contributed by atoms with E-state index in [0.717, 1.165) is 57.8 Å². The molecule has 1 fully saturated rings. The van der Waals surface area contributed by atoms with Gasteiger partial charge in [-0.3, -0.25) is 18.9 Å². The van der Waals surface area contributed by atoms with Crippen LogP contribution in [0.25, 0.3) is 0 Å². The molecule has 13 rings (SSSR count). The van der Waals surface area contributed by atoms with Gasteiger partial charge in [0.1, 0.15) is 38.1 Å². The molecule has 30 nitrogen and oxygen atoms in total. The maximum absolute atomic E-state index is 13.3. The molecule has 0 atom stereocenters. The maximum Gasteiger partial charge on any atom is 0.454 e. The number of aromatic nitrogens is 7. The van der Waals surface area contributed by atoms with Crippen LogP contribution in [0, 0.1) is 0 Å². The number of alkyl halides is 6. The molecule has 798 valence electrons. The Bertz CT molecular complexity index is 7190. The van der Waals surface area contributed by atoms with Gasteiger partial charge in [-0.25, -0.2) is 41.1 Å². The molecule has 4 heterocycles. The van der Waals surface area contributed by atoms with Gasteiger partial charge in [0.15, 0.2) is 27.3 Å². The number of para-hydroxylation sites is 2. The van der Waals surface area contributed by atoms with Gasteiger partial charge >= 0.3 is 12.4 Å². The number of amides is 1. The molecule has 0 unspecified atom stereocenters. The number of nitrogens with one attached hydrogen (secondary N) is 8. The summed E-state index contributed by atoms with van der Waals surface area (Å²) in [4.78, 5) is 69.9. The molecule has 0 radical (unpaired) electrons. The van der Waals surface area contributed by atoms with Crippen LogP contribution in [0.1, 0.15) is 124 Å². The maximum atomic E-state index is 13.3. The van der Waals surface area contributed by atoms with E-state index >= 15 is 0 Å². The van der Waals surface area contributed by atoms with E-state index in [9.17, 15) is 75.8 Å². The number of halogens is 10. The summed E-state index contributed by atoms with van der Waals surface area (Å²) in [6.07, 6.45) is 1.21. The summed E-state index contributed by atoms with van der Waals surface area (Å²) in [6, 6.07) is 50.4. The summed E-state index contributed by atoms with van der Waals surface area (Å²) in [7, 11) is -10.5. The largest absolute Gasteiger partial charge is 0.494 e. The number of ether oxygens (including phenoxy) is 1. The summed E-state index contributed by atoms with van der Waals surface area (Å²) in [6.45, 7) is 22.9. The first kappa shape index (κ1) is 120. The van der Waals surface area contributed by atoms with Crippen molar-refractivity contribution in [3.63, 3.8) is 0 Å². The smallest absolute Gasteiger partial charge is 0.454 e. The Labute approximate surface area is 889 Å². The summed E-state index contributed by atoms with van der Waals surface area (Å²) in [5.74, 6) is 1.34. The minimum absolute atomic E-state index is 0.0200. The first-order valence-corrected chi connectivity index (χ1v) is 62.0. The second-order valence-corrected chi connectivity index (χ2v) is 58.3. The van der Waals surface area contributed by atoms with Crippen molar-refractivity contribution < 1.29 is 85.1 Å². The quantitative estimate of drug-likeness (QED) is 0.00761. The first-order chi connectivity index (χ1) is 70.0. The van der Waals surface area contributed by atoms with Gasteiger partial charge in [-0.05, 0) is 174 Å². The Hall–Kier alpha value is -11.2. The summed E-state index contributed by atoms with van der Waals surface area (Å²) >= 11 is 25.8. The van der Waals surface area contributed by atoms with E-state index < -0.39 is 83.2 Å². The average Bonchev–Trinajstić information content (AvgIpc) is 1.76. The van der Waals surface area contributed by atoms with Crippen LogP contribution in [0.15, 0.2) is 228 Å². The van der Waals surface area contributed by atoms with E-state index in [2.05, 4.69) is 72.4 Å². The number of methoxy groups -OCH3 is 1. The molecule has 12 aromatic rings. The first-order valence-electron chi connectivity index (χ1n) is 46.9. The van der Waals surface area contributed by atoms with Crippen LogP contribution in [0.4, 0.5) is 113 Å². The van der Waals surface area contributed by atoms with Crippen molar-refractivity contribution in [2.75, 3.05) is 141 Å². The number of benzene rings is 8. The molecule has 1 saturated carbocycles. The van der Waals surface area contributed by atoms with Gasteiger partial charge in [0, 0.05) is 157 Å². The van der Waals surface area contributed by atoms with Gasteiger partial charge in [-0.2, -0.15) is 41.3 Å². The van der Waals surface area contributed by atoms with Crippen molar-refractivity contribution in [2.24, 2.45) is 0 Å². The molecule has 8 aromatic carbocycles. The van der Waals surface area contributed by atoms with Crippen molar-refractivity contribution in [3.8, 4) is 11.5 Å². The van der Waals surface area contributed by atoms with Crippen LogP contribution in [-0.2, 0) is 61.3 Å². The highest BCUT2D eigenvalue weighted by molar-refractivity contribution is 7.98. The zero-order valence-electron chi connectivity index (χ0n) is 84.6. The van der Waals surface area contributed by atoms with Crippen molar-refractivity contribution >= 4 is 211 Å². The van der Waals surface area contributed by atoms with E-state index in [1.165, 1.54) is 68.7 Å². The molecule has 149 heavy (non-hydrogen) atoms. The van der Waals surface area contributed by atoms with Crippen molar-refractivity contribution in [1.29, 1.82) is 0 Å². The molecule has 1 aliphatic rings. The number of pyridine rings is 1. The highest BCUT2D eigenvalue weighted by atomic mass is 35.5. The van der Waals surface area contributed by atoms with Gasteiger partial charge < -0.3 is 70.4 Å². The number of ketones is 2. The Morgan fingerprint density at radius 1 is 0.530 bits per heavy atom. The number of rotatable bonds is 43. The topological polar surface area (TPSA) is 399 Å². The van der Waals surface area contributed by atoms with E-state index in [0.29, 0.717) is 134 Å². The van der Waals surface area contributed by atoms with E-state index in [1.807, 2.05) is 84.0 Å². The zero-order chi connectivity index (χ0) is 109. The number of sulfone groups is 1. The predicted octanol–water partition coefficient (Wildman–Crippen LogP) is 27.8. The minimum Gasteiger partial charge on any atom is -0.494 e. The number of nitrogens with zero attached hydrogens (tertiary/aromatic N) is 9. The number of carbonyl (C=O) groups is 3. The normalized spacial score (nSPS) is 12.4. The lowest BCUT2D eigenvalue weighted by atomic mass is 10.1. The lowest BCUT2D eigenvalue weighted by Crippen LogP contribution is -2.30. The number of thioether (sulfide) groups is 1. The van der Waals surface area contributed by atoms with Crippen LogP contribution in [0.2, 0.25) is 20.1 Å². The lowest BCUT2D eigenvalue weighted by molar-refractivity contribution is -0.137. The third-order valence-electron chi connectivity index (χ3n) is 23.1. The molecule has 4 aromatic heterocycles. The van der Waals surface area contributed by atoms with Gasteiger partial charge in [-0.15, -0.1) is 11.8 Å². The minimum atomic E-state index is -5.11. The number of hydrogen-bond acceptors (Lipinski definition) is 29. The van der Waals surface area contributed by atoms with Gasteiger partial charge in [0.05, 0.1) is 96.4 Å².